The molecule has 0 atom stereocenters. The molecule has 1 saturated heterocycles. The largest absolute Gasteiger partial charge is 0.394 e. The topological polar surface area (TPSA) is 104 Å². The number of morpholine rings is 1. The molecule has 2 heterocycles. The molecule has 0 bridgehead atoms. The molecule has 0 radical (unpaired) electrons. The summed E-state index contributed by atoms with van der Waals surface area (Å²) < 4.78 is 5.27. The Kier molecular flexibility index (Phi) is 4.92. The fraction of sp³-hybridized carbons (Fsp3) is 0.727. The lowest BCUT2D eigenvalue weighted by molar-refractivity contribution is 0.122. The van der Waals surface area contributed by atoms with Gasteiger partial charge in [0.25, 0.3) is 0 Å². The third kappa shape index (κ3) is 3.66. The lowest BCUT2D eigenvalue weighted by atomic mass is 10.1. The number of anilines is 2. The van der Waals surface area contributed by atoms with E-state index in [0.29, 0.717) is 32.3 Å². The van der Waals surface area contributed by atoms with Crippen LogP contribution >= 0.6 is 11.6 Å². The standard InChI is InChI=1S/C11H18ClN5O3/c1-11(6-18,7-19)16-9-13-8(12)14-10(15-9)17-2-4-20-5-3-17/h18-19H,2-7H2,1H3,(H,13,14,15,16). The fourth-order valence-electron chi connectivity index (χ4n) is 1.70. The van der Waals surface area contributed by atoms with Crippen molar-refractivity contribution < 1.29 is 14.9 Å². The Morgan fingerprint density at radius 3 is 2.50 bits per heavy atom. The smallest absolute Gasteiger partial charge is 0.231 e. The molecule has 0 aromatic carbocycles. The van der Waals surface area contributed by atoms with Gasteiger partial charge in [-0.05, 0) is 18.5 Å². The van der Waals surface area contributed by atoms with Gasteiger partial charge in [-0.1, -0.05) is 0 Å². The Bertz CT molecular complexity index is 452. The van der Waals surface area contributed by atoms with Gasteiger partial charge in [0.15, 0.2) is 0 Å². The van der Waals surface area contributed by atoms with Crippen LogP contribution in [0.2, 0.25) is 5.28 Å². The van der Waals surface area contributed by atoms with Crippen molar-refractivity contribution in [3.63, 3.8) is 0 Å². The summed E-state index contributed by atoms with van der Waals surface area (Å²) >= 11 is 5.90. The predicted octanol–water partition coefficient (Wildman–Crippen LogP) is -0.483. The summed E-state index contributed by atoms with van der Waals surface area (Å²) in [5.74, 6) is 0.672. The molecule has 0 saturated carbocycles. The monoisotopic (exact) mass is 303 g/mol. The molecule has 20 heavy (non-hydrogen) atoms. The lowest BCUT2D eigenvalue weighted by Crippen LogP contribution is -2.43. The molecule has 8 nitrogen and oxygen atoms in total. The van der Waals surface area contributed by atoms with Crippen molar-refractivity contribution in [1.29, 1.82) is 0 Å². The number of rotatable bonds is 5. The molecule has 1 aliphatic heterocycles. The molecule has 9 heteroatoms. The van der Waals surface area contributed by atoms with Crippen LogP contribution in [0.5, 0.6) is 0 Å². The summed E-state index contributed by atoms with van der Waals surface area (Å²) in [6.07, 6.45) is 0. The highest BCUT2D eigenvalue weighted by Gasteiger charge is 2.24. The van der Waals surface area contributed by atoms with Gasteiger partial charge in [0.2, 0.25) is 17.2 Å². The maximum absolute atomic E-state index is 9.28. The van der Waals surface area contributed by atoms with E-state index in [1.807, 2.05) is 4.90 Å². The van der Waals surface area contributed by atoms with Crippen molar-refractivity contribution in [2.24, 2.45) is 0 Å². The SMILES string of the molecule is CC(CO)(CO)Nc1nc(Cl)nc(N2CCOCC2)n1. The summed E-state index contributed by atoms with van der Waals surface area (Å²) in [5, 5.41) is 21.5. The van der Waals surface area contributed by atoms with Crippen molar-refractivity contribution in [2.75, 3.05) is 49.7 Å². The molecular formula is C11H18ClN5O3. The van der Waals surface area contributed by atoms with E-state index in [4.69, 9.17) is 16.3 Å². The van der Waals surface area contributed by atoms with Crippen molar-refractivity contribution >= 4 is 23.5 Å². The number of aliphatic hydroxyl groups is 2. The van der Waals surface area contributed by atoms with E-state index in [9.17, 15) is 10.2 Å². The van der Waals surface area contributed by atoms with E-state index in [1.54, 1.807) is 6.92 Å². The molecule has 0 spiro atoms. The first-order valence-corrected chi connectivity index (χ1v) is 6.68. The summed E-state index contributed by atoms with van der Waals surface area (Å²) in [5.41, 5.74) is -0.924. The predicted molar refractivity (Wildman–Crippen MR) is 74.1 cm³/mol. The molecule has 0 aliphatic carbocycles. The lowest BCUT2D eigenvalue weighted by Gasteiger charge is -2.29. The molecule has 0 unspecified atom stereocenters. The van der Waals surface area contributed by atoms with Crippen LogP contribution in [0.4, 0.5) is 11.9 Å². The number of aliphatic hydroxyl groups excluding tert-OH is 2. The molecule has 112 valence electrons. The first-order chi connectivity index (χ1) is 9.56. The van der Waals surface area contributed by atoms with Crippen LogP contribution in [0.1, 0.15) is 6.92 Å². The minimum absolute atomic E-state index is 0.0576. The van der Waals surface area contributed by atoms with Crippen LogP contribution in [0.3, 0.4) is 0 Å². The third-order valence-corrected chi connectivity index (χ3v) is 3.17. The summed E-state index contributed by atoms with van der Waals surface area (Å²) in [4.78, 5) is 14.3. The summed E-state index contributed by atoms with van der Waals surface area (Å²) in [6, 6.07) is 0. The van der Waals surface area contributed by atoms with Gasteiger partial charge in [-0.2, -0.15) is 15.0 Å². The van der Waals surface area contributed by atoms with Crippen LogP contribution in [0, 0.1) is 0 Å². The number of nitrogens with one attached hydrogen (secondary N) is 1. The zero-order valence-electron chi connectivity index (χ0n) is 11.2. The van der Waals surface area contributed by atoms with Crippen molar-refractivity contribution in [1.82, 2.24) is 15.0 Å². The van der Waals surface area contributed by atoms with Crippen molar-refractivity contribution in [3.05, 3.63) is 5.28 Å². The van der Waals surface area contributed by atoms with E-state index in [2.05, 4.69) is 20.3 Å². The average molecular weight is 304 g/mol. The molecule has 1 aromatic rings. The van der Waals surface area contributed by atoms with Crippen LogP contribution in [0.15, 0.2) is 0 Å². The second kappa shape index (κ2) is 6.49. The summed E-state index contributed by atoms with van der Waals surface area (Å²) in [7, 11) is 0. The Balaban J connectivity index is 2.19. The van der Waals surface area contributed by atoms with Gasteiger partial charge < -0.3 is 25.2 Å². The zero-order valence-corrected chi connectivity index (χ0v) is 12.0. The third-order valence-electron chi connectivity index (χ3n) is 3.00. The Labute approximate surface area is 121 Å². The second-order valence-electron chi connectivity index (χ2n) is 4.83. The molecule has 1 fully saturated rings. The van der Waals surface area contributed by atoms with Gasteiger partial charge in [0.05, 0.1) is 32.0 Å². The Hall–Kier alpha value is -1.22. The van der Waals surface area contributed by atoms with Crippen molar-refractivity contribution in [2.45, 2.75) is 12.5 Å². The second-order valence-corrected chi connectivity index (χ2v) is 5.17. The van der Waals surface area contributed by atoms with E-state index < -0.39 is 5.54 Å². The van der Waals surface area contributed by atoms with Gasteiger partial charge in [0.1, 0.15) is 0 Å². The minimum Gasteiger partial charge on any atom is -0.394 e. The fourth-order valence-corrected chi connectivity index (χ4v) is 1.85. The van der Waals surface area contributed by atoms with Crippen LogP contribution in [0.25, 0.3) is 0 Å². The first kappa shape index (κ1) is 15.2. The van der Waals surface area contributed by atoms with Gasteiger partial charge in [0, 0.05) is 13.1 Å². The average Bonchev–Trinajstić information content (AvgIpc) is 2.47. The zero-order chi connectivity index (χ0) is 14.6. The van der Waals surface area contributed by atoms with Gasteiger partial charge in [-0.15, -0.1) is 0 Å². The number of ether oxygens (including phenoxy) is 1. The molecule has 0 amide bonds. The minimum atomic E-state index is -0.924. The quantitative estimate of drug-likeness (QED) is 0.670. The first-order valence-electron chi connectivity index (χ1n) is 6.30. The van der Waals surface area contributed by atoms with Crippen LogP contribution < -0.4 is 10.2 Å². The van der Waals surface area contributed by atoms with E-state index in [0.717, 1.165) is 0 Å². The maximum Gasteiger partial charge on any atom is 0.231 e. The molecule has 1 aliphatic rings. The number of hydrogen-bond donors (Lipinski definition) is 3. The van der Waals surface area contributed by atoms with E-state index in [-0.39, 0.29) is 24.4 Å². The normalized spacial score (nSPS) is 16.3. The molecule has 3 N–H and O–H groups in total. The van der Waals surface area contributed by atoms with Crippen molar-refractivity contribution in [3.8, 4) is 0 Å². The van der Waals surface area contributed by atoms with E-state index in [1.165, 1.54) is 0 Å². The highest BCUT2D eigenvalue weighted by Crippen LogP contribution is 2.17. The Morgan fingerprint density at radius 1 is 1.25 bits per heavy atom. The Morgan fingerprint density at radius 2 is 1.90 bits per heavy atom. The maximum atomic E-state index is 9.28. The van der Waals surface area contributed by atoms with E-state index >= 15 is 0 Å². The highest BCUT2D eigenvalue weighted by atomic mass is 35.5. The summed E-state index contributed by atoms with van der Waals surface area (Å²) in [6.45, 7) is 3.70. The number of nitrogens with zero attached hydrogens (tertiary/aromatic N) is 4. The van der Waals surface area contributed by atoms with Gasteiger partial charge in [-0.25, -0.2) is 0 Å². The van der Waals surface area contributed by atoms with Gasteiger partial charge >= 0.3 is 0 Å². The molecule has 1 aromatic heterocycles. The van der Waals surface area contributed by atoms with Crippen LogP contribution in [-0.4, -0.2) is 70.2 Å². The molecular weight excluding hydrogens is 286 g/mol. The van der Waals surface area contributed by atoms with Gasteiger partial charge in [-0.3, -0.25) is 0 Å². The number of hydrogen-bond acceptors (Lipinski definition) is 8. The highest BCUT2D eigenvalue weighted by molar-refractivity contribution is 6.28. The van der Waals surface area contributed by atoms with Crippen LogP contribution in [-0.2, 0) is 4.74 Å². The number of halogens is 1. The molecule has 2 rings (SSSR count). The number of aromatic nitrogens is 3.